The van der Waals surface area contributed by atoms with Gasteiger partial charge in [-0.25, -0.2) is 0 Å². The van der Waals surface area contributed by atoms with Crippen molar-refractivity contribution in [3.8, 4) is 0 Å². The molecule has 3 nitrogen and oxygen atoms in total. The molecule has 0 aliphatic heterocycles. The first-order valence-corrected chi connectivity index (χ1v) is 6.49. The van der Waals surface area contributed by atoms with Crippen LogP contribution in [0.2, 0.25) is 5.02 Å². The molecule has 0 heterocycles. The summed E-state index contributed by atoms with van der Waals surface area (Å²) in [6, 6.07) is 4.73. The SMILES string of the molecule is CC(C)C(CO)NC(=O)c1ccc(Cl)cc1Br. The van der Waals surface area contributed by atoms with Crippen molar-refractivity contribution in [2.45, 2.75) is 19.9 Å². The molecule has 0 aromatic heterocycles. The molecule has 5 heteroatoms. The number of aliphatic hydroxyl groups is 1. The molecule has 94 valence electrons. The Morgan fingerprint density at radius 2 is 2.18 bits per heavy atom. The van der Waals surface area contributed by atoms with Gasteiger partial charge in [0.25, 0.3) is 5.91 Å². The molecule has 0 bridgehead atoms. The fourth-order valence-electron chi connectivity index (χ4n) is 1.34. The lowest BCUT2D eigenvalue weighted by Crippen LogP contribution is -2.41. The first kappa shape index (κ1) is 14.5. The van der Waals surface area contributed by atoms with E-state index in [2.05, 4.69) is 21.2 Å². The number of carbonyl (C=O) groups is 1. The van der Waals surface area contributed by atoms with Crippen LogP contribution in [-0.2, 0) is 0 Å². The summed E-state index contributed by atoms with van der Waals surface area (Å²) in [6.07, 6.45) is 0. The van der Waals surface area contributed by atoms with E-state index >= 15 is 0 Å². The number of carbonyl (C=O) groups excluding carboxylic acids is 1. The summed E-state index contributed by atoms with van der Waals surface area (Å²) in [7, 11) is 0. The minimum atomic E-state index is -0.245. The summed E-state index contributed by atoms with van der Waals surface area (Å²) in [5, 5.41) is 12.5. The van der Waals surface area contributed by atoms with Gasteiger partial charge in [-0.15, -0.1) is 0 Å². The predicted molar refractivity (Wildman–Crippen MR) is 72.3 cm³/mol. The van der Waals surface area contributed by atoms with Crippen LogP contribution in [0, 0.1) is 5.92 Å². The molecule has 1 aromatic rings. The van der Waals surface area contributed by atoms with Gasteiger partial charge in [0.05, 0.1) is 18.2 Å². The van der Waals surface area contributed by atoms with Crippen molar-refractivity contribution in [2.75, 3.05) is 6.61 Å². The number of benzene rings is 1. The molecular formula is C12H15BrClNO2. The Hall–Kier alpha value is -0.580. The summed E-state index contributed by atoms with van der Waals surface area (Å²) in [4.78, 5) is 12.0. The van der Waals surface area contributed by atoms with Gasteiger partial charge in [0.15, 0.2) is 0 Å². The average Bonchev–Trinajstić information content (AvgIpc) is 2.24. The molecule has 2 N–H and O–H groups in total. The van der Waals surface area contributed by atoms with Crippen LogP contribution in [0.15, 0.2) is 22.7 Å². The third-order valence-electron chi connectivity index (χ3n) is 2.49. The normalized spacial score (nSPS) is 12.6. The lowest BCUT2D eigenvalue weighted by Gasteiger charge is -2.20. The van der Waals surface area contributed by atoms with E-state index < -0.39 is 0 Å². The molecule has 0 fully saturated rings. The summed E-state index contributed by atoms with van der Waals surface area (Å²) >= 11 is 9.09. The van der Waals surface area contributed by atoms with Gasteiger partial charge >= 0.3 is 0 Å². The Morgan fingerprint density at radius 3 is 2.65 bits per heavy atom. The quantitative estimate of drug-likeness (QED) is 0.896. The van der Waals surface area contributed by atoms with Gasteiger partial charge < -0.3 is 10.4 Å². The first-order valence-electron chi connectivity index (χ1n) is 5.32. The van der Waals surface area contributed by atoms with Crippen LogP contribution in [0.5, 0.6) is 0 Å². The smallest absolute Gasteiger partial charge is 0.252 e. The maximum atomic E-state index is 12.0. The number of nitrogens with one attached hydrogen (secondary N) is 1. The van der Waals surface area contributed by atoms with Gasteiger partial charge in [0.1, 0.15) is 0 Å². The number of rotatable bonds is 4. The van der Waals surface area contributed by atoms with E-state index in [0.29, 0.717) is 15.1 Å². The van der Waals surface area contributed by atoms with E-state index in [9.17, 15) is 4.79 Å². The fraction of sp³-hybridized carbons (Fsp3) is 0.417. The number of hydrogen-bond acceptors (Lipinski definition) is 2. The second-order valence-corrected chi connectivity index (χ2v) is 5.42. The Morgan fingerprint density at radius 1 is 1.53 bits per heavy atom. The lowest BCUT2D eigenvalue weighted by molar-refractivity contribution is 0.0896. The highest BCUT2D eigenvalue weighted by Gasteiger charge is 2.17. The highest BCUT2D eigenvalue weighted by Crippen LogP contribution is 2.21. The molecule has 0 radical (unpaired) electrons. The second-order valence-electron chi connectivity index (χ2n) is 4.13. The number of hydrogen-bond donors (Lipinski definition) is 2. The molecule has 17 heavy (non-hydrogen) atoms. The largest absolute Gasteiger partial charge is 0.394 e. The van der Waals surface area contributed by atoms with E-state index in [4.69, 9.17) is 16.7 Å². The maximum Gasteiger partial charge on any atom is 0.252 e. The van der Waals surface area contributed by atoms with Gasteiger partial charge in [0, 0.05) is 9.50 Å². The predicted octanol–water partition coefficient (Wildman–Crippen LogP) is 2.85. The summed E-state index contributed by atoms with van der Waals surface area (Å²) in [5.41, 5.74) is 0.508. The Kier molecular flexibility index (Phi) is 5.43. The van der Waals surface area contributed by atoms with Gasteiger partial charge in [-0.05, 0) is 40.0 Å². The van der Waals surface area contributed by atoms with Crippen LogP contribution in [0.1, 0.15) is 24.2 Å². The zero-order chi connectivity index (χ0) is 13.0. The van der Waals surface area contributed by atoms with Crippen LogP contribution >= 0.6 is 27.5 Å². The van der Waals surface area contributed by atoms with E-state index in [-0.39, 0.29) is 24.5 Å². The Labute approximate surface area is 114 Å². The van der Waals surface area contributed by atoms with Crippen LogP contribution < -0.4 is 5.32 Å². The van der Waals surface area contributed by atoms with E-state index in [1.807, 2.05) is 13.8 Å². The Balaban J connectivity index is 2.82. The van der Waals surface area contributed by atoms with Gasteiger partial charge in [-0.2, -0.15) is 0 Å². The van der Waals surface area contributed by atoms with Gasteiger partial charge in [0.2, 0.25) is 0 Å². The summed E-state index contributed by atoms with van der Waals surface area (Å²) in [5.74, 6) is -0.0451. The molecule has 1 unspecified atom stereocenters. The molecule has 1 amide bonds. The molecule has 1 atom stereocenters. The van der Waals surface area contributed by atoms with Crippen molar-refractivity contribution in [3.63, 3.8) is 0 Å². The molecule has 1 aromatic carbocycles. The van der Waals surface area contributed by atoms with E-state index in [1.54, 1.807) is 18.2 Å². The van der Waals surface area contributed by atoms with Crippen molar-refractivity contribution in [2.24, 2.45) is 5.92 Å². The van der Waals surface area contributed by atoms with Crippen molar-refractivity contribution >= 4 is 33.4 Å². The first-order chi connectivity index (χ1) is 7.95. The molecular weight excluding hydrogens is 305 g/mol. The molecule has 0 aliphatic carbocycles. The molecule has 0 saturated heterocycles. The summed E-state index contributed by atoms with van der Waals surface area (Å²) < 4.78 is 0.642. The second kappa shape index (κ2) is 6.38. The number of halogens is 2. The third kappa shape index (κ3) is 3.98. The molecule has 0 spiro atoms. The molecule has 0 saturated carbocycles. The van der Waals surface area contributed by atoms with Gasteiger partial charge in [-0.3, -0.25) is 4.79 Å². The monoisotopic (exact) mass is 319 g/mol. The lowest BCUT2D eigenvalue weighted by atomic mass is 10.0. The Bertz CT molecular complexity index is 409. The standard InChI is InChI=1S/C12H15BrClNO2/c1-7(2)11(6-16)15-12(17)9-4-3-8(14)5-10(9)13/h3-5,7,11,16H,6H2,1-2H3,(H,15,17). The van der Waals surface area contributed by atoms with Crippen molar-refractivity contribution in [3.05, 3.63) is 33.3 Å². The fourth-order valence-corrected chi connectivity index (χ4v) is 2.21. The van der Waals surface area contributed by atoms with Crippen LogP contribution in [0.3, 0.4) is 0 Å². The minimum Gasteiger partial charge on any atom is -0.394 e. The zero-order valence-corrected chi connectivity index (χ0v) is 12.0. The average molecular weight is 321 g/mol. The van der Waals surface area contributed by atoms with Crippen LogP contribution in [0.25, 0.3) is 0 Å². The van der Waals surface area contributed by atoms with Crippen molar-refractivity contribution in [1.29, 1.82) is 0 Å². The highest BCUT2D eigenvalue weighted by atomic mass is 79.9. The van der Waals surface area contributed by atoms with Gasteiger partial charge in [-0.1, -0.05) is 25.4 Å². The number of amides is 1. The van der Waals surface area contributed by atoms with Crippen LogP contribution in [0.4, 0.5) is 0 Å². The summed E-state index contributed by atoms with van der Waals surface area (Å²) in [6.45, 7) is 3.81. The van der Waals surface area contributed by atoms with E-state index in [0.717, 1.165) is 0 Å². The third-order valence-corrected chi connectivity index (χ3v) is 3.38. The topological polar surface area (TPSA) is 49.3 Å². The zero-order valence-electron chi connectivity index (χ0n) is 9.71. The number of aliphatic hydroxyl groups excluding tert-OH is 1. The van der Waals surface area contributed by atoms with Crippen molar-refractivity contribution < 1.29 is 9.90 Å². The van der Waals surface area contributed by atoms with Crippen LogP contribution in [-0.4, -0.2) is 23.7 Å². The van der Waals surface area contributed by atoms with Crippen molar-refractivity contribution in [1.82, 2.24) is 5.32 Å². The highest BCUT2D eigenvalue weighted by molar-refractivity contribution is 9.10. The van der Waals surface area contributed by atoms with E-state index in [1.165, 1.54) is 0 Å². The maximum absolute atomic E-state index is 12.0. The minimum absolute atomic E-state index is 0.0748. The molecule has 0 aliphatic rings. The molecule has 1 rings (SSSR count).